The molecule has 4 fully saturated rings. The van der Waals surface area contributed by atoms with Crippen molar-refractivity contribution in [3.63, 3.8) is 0 Å². The maximum absolute atomic E-state index is 7.60. The third-order valence-electron chi connectivity index (χ3n) is 7.89. The van der Waals surface area contributed by atoms with E-state index in [1.807, 2.05) is 0 Å². The van der Waals surface area contributed by atoms with E-state index in [1.54, 1.807) is 0 Å². The Morgan fingerprint density at radius 1 is 0.533 bits per heavy atom. The number of benzene rings is 3. The van der Waals surface area contributed by atoms with Gasteiger partial charge in [0.25, 0.3) is 0 Å². The molecule has 0 N–H and O–H groups in total. The van der Waals surface area contributed by atoms with E-state index in [9.17, 15) is 0 Å². The first-order chi connectivity index (χ1) is 14.8. The van der Waals surface area contributed by atoms with Crippen molar-refractivity contribution in [3.8, 4) is 0 Å². The Morgan fingerprint density at radius 2 is 0.867 bits per heavy atom. The number of hydrogen-bond donors (Lipinski definition) is 0. The summed E-state index contributed by atoms with van der Waals surface area (Å²) in [6, 6.07) is 32.7. The van der Waals surface area contributed by atoms with E-state index >= 15 is 0 Å². The van der Waals surface area contributed by atoms with Gasteiger partial charge in [0, 0.05) is 0 Å². The van der Waals surface area contributed by atoms with E-state index in [1.165, 1.54) is 55.2 Å². The zero-order valence-electron chi connectivity index (χ0n) is 17.5. The van der Waals surface area contributed by atoms with Gasteiger partial charge >= 0.3 is 0 Å². The molecular formula is C29H30O. The van der Waals surface area contributed by atoms with Crippen LogP contribution < -0.4 is 0 Å². The zero-order valence-corrected chi connectivity index (χ0v) is 17.5. The van der Waals surface area contributed by atoms with Gasteiger partial charge in [-0.05, 0) is 73.0 Å². The molecule has 0 aromatic heterocycles. The average Bonchev–Trinajstić information content (AvgIpc) is 2.78. The third-order valence-corrected chi connectivity index (χ3v) is 7.89. The molecule has 0 spiro atoms. The first kappa shape index (κ1) is 18.4. The van der Waals surface area contributed by atoms with Crippen LogP contribution in [0.2, 0.25) is 0 Å². The summed E-state index contributed by atoms with van der Waals surface area (Å²) in [6.45, 7) is 0. The van der Waals surface area contributed by atoms with Gasteiger partial charge in [-0.3, -0.25) is 0 Å². The molecule has 4 saturated carbocycles. The predicted molar refractivity (Wildman–Crippen MR) is 121 cm³/mol. The first-order valence-corrected chi connectivity index (χ1v) is 11.6. The molecule has 7 rings (SSSR count). The smallest absolute Gasteiger partial charge is 0.144 e. The molecule has 30 heavy (non-hydrogen) atoms. The van der Waals surface area contributed by atoms with Crippen molar-refractivity contribution in [2.45, 2.75) is 49.7 Å². The number of ether oxygens (including phenoxy) is 1. The van der Waals surface area contributed by atoms with Gasteiger partial charge in [0.1, 0.15) is 5.60 Å². The van der Waals surface area contributed by atoms with Crippen LogP contribution in [0.5, 0.6) is 0 Å². The molecule has 3 aromatic carbocycles. The normalized spacial score (nSPS) is 29.8. The molecule has 0 radical (unpaired) electrons. The quantitative estimate of drug-likeness (QED) is 0.425. The van der Waals surface area contributed by atoms with Gasteiger partial charge in [0.2, 0.25) is 0 Å². The van der Waals surface area contributed by atoms with Gasteiger partial charge in [-0.25, -0.2) is 0 Å². The lowest BCUT2D eigenvalue weighted by atomic mass is 9.54. The second-order valence-corrected chi connectivity index (χ2v) is 9.98. The highest BCUT2D eigenvalue weighted by Crippen LogP contribution is 2.60. The molecule has 4 bridgehead atoms. The second kappa shape index (κ2) is 7.10. The summed E-state index contributed by atoms with van der Waals surface area (Å²) in [5.74, 6) is 2.57. The lowest BCUT2D eigenvalue weighted by molar-refractivity contribution is -0.205. The molecule has 4 aliphatic rings. The van der Waals surface area contributed by atoms with E-state index in [2.05, 4.69) is 91.0 Å². The first-order valence-electron chi connectivity index (χ1n) is 11.6. The monoisotopic (exact) mass is 394 g/mol. The number of hydrogen-bond acceptors (Lipinski definition) is 1. The van der Waals surface area contributed by atoms with Crippen LogP contribution in [0, 0.1) is 17.8 Å². The molecule has 0 unspecified atom stereocenters. The van der Waals surface area contributed by atoms with Crippen LogP contribution in [-0.2, 0) is 10.3 Å². The van der Waals surface area contributed by atoms with E-state index in [0.29, 0.717) is 0 Å². The Kier molecular flexibility index (Phi) is 4.35. The molecule has 1 heteroatoms. The third kappa shape index (κ3) is 2.94. The summed E-state index contributed by atoms with van der Waals surface area (Å²) in [5, 5.41) is 0. The maximum atomic E-state index is 7.60. The molecule has 0 atom stereocenters. The highest BCUT2D eigenvalue weighted by atomic mass is 16.5. The standard InChI is InChI=1S/C29H30O/c1-4-10-25(11-5-1)29(26-12-6-2-7-13-26,27-14-8-3-9-15-27)30-28-19-22-16-23(20-28)18-24(17-22)21-28/h1-15,22-24H,16-21H2. The largest absolute Gasteiger partial charge is 0.354 e. The van der Waals surface area contributed by atoms with Crippen LogP contribution >= 0.6 is 0 Å². The summed E-state index contributed by atoms with van der Waals surface area (Å²) >= 11 is 0. The van der Waals surface area contributed by atoms with E-state index in [-0.39, 0.29) is 5.60 Å². The van der Waals surface area contributed by atoms with Crippen LogP contribution in [0.4, 0.5) is 0 Å². The van der Waals surface area contributed by atoms with Crippen molar-refractivity contribution in [1.82, 2.24) is 0 Å². The van der Waals surface area contributed by atoms with E-state index < -0.39 is 5.60 Å². The van der Waals surface area contributed by atoms with Crippen LogP contribution in [0.3, 0.4) is 0 Å². The molecule has 4 aliphatic carbocycles. The van der Waals surface area contributed by atoms with Gasteiger partial charge in [-0.2, -0.15) is 0 Å². The van der Waals surface area contributed by atoms with Crippen LogP contribution in [-0.4, -0.2) is 5.60 Å². The lowest BCUT2D eigenvalue weighted by Crippen LogP contribution is -2.55. The molecule has 0 heterocycles. The van der Waals surface area contributed by atoms with Crippen LogP contribution in [0.25, 0.3) is 0 Å². The van der Waals surface area contributed by atoms with Crippen molar-refractivity contribution < 1.29 is 4.74 Å². The van der Waals surface area contributed by atoms with Crippen LogP contribution in [0.15, 0.2) is 91.0 Å². The zero-order chi connectivity index (χ0) is 20.0. The van der Waals surface area contributed by atoms with Crippen LogP contribution in [0.1, 0.15) is 55.2 Å². The van der Waals surface area contributed by atoms with Crippen molar-refractivity contribution >= 4 is 0 Å². The minimum atomic E-state index is -0.574. The lowest BCUT2D eigenvalue weighted by Gasteiger charge is -2.59. The summed E-state index contributed by atoms with van der Waals surface area (Å²) in [6.07, 6.45) is 7.97. The number of rotatable bonds is 5. The maximum Gasteiger partial charge on any atom is 0.144 e. The molecule has 1 nitrogen and oxygen atoms in total. The van der Waals surface area contributed by atoms with Gasteiger partial charge < -0.3 is 4.74 Å². The van der Waals surface area contributed by atoms with Crippen molar-refractivity contribution in [2.24, 2.45) is 17.8 Å². The molecule has 152 valence electrons. The average molecular weight is 395 g/mol. The Morgan fingerprint density at radius 3 is 1.20 bits per heavy atom. The second-order valence-electron chi connectivity index (χ2n) is 9.98. The Labute approximate surface area is 180 Å². The molecule has 0 amide bonds. The summed E-state index contributed by atoms with van der Waals surface area (Å²) < 4.78 is 7.60. The minimum absolute atomic E-state index is 0.00370. The van der Waals surface area contributed by atoms with Gasteiger partial charge in [0.15, 0.2) is 0 Å². The Bertz CT molecular complexity index is 860. The summed E-state index contributed by atoms with van der Waals surface area (Å²) in [4.78, 5) is 0. The fourth-order valence-electron chi connectivity index (χ4n) is 7.18. The minimum Gasteiger partial charge on any atom is -0.354 e. The topological polar surface area (TPSA) is 9.23 Å². The predicted octanol–water partition coefficient (Wildman–Crippen LogP) is 6.96. The van der Waals surface area contributed by atoms with Gasteiger partial charge in [-0.15, -0.1) is 0 Å². The van der Waals surface area contributed by atoms with Crippen molar-refractivity contribution in [3.05, 3.63) is 108 Å². The SMILES string of the molecule is c1ccc(C(OC23CC4CC(CC(C4)C2)C3)(c2ccccc2)c2ccccc2)cc1. The molecule has 0 saturated heterocycles. The summed E-state index contributed by atoms with van der Waals surface area (Å²) in [7, 11) is 0. The van der Waals surface area contributed by atoms with Crippen molar-refractivity contribution in [1.29, 1.82) is 0 Å². The fourth-order valence-corrected chi connectivity index (χ4v) is 7.18. The van der Waals surface area contributed by atoms with Gasteiger partial charge in [-0.1, -0.05) is 91.0 Å². The summed E-state index contributed by atoms with van der Waals surface area (Å²) in [5.41, 5.74) is 3.13. The van der Waals surface area contributed by atoms with E-state index in [0.717, 1.165) is 17.8 Å². The van der Waals surface area contributed by atoms with Crippen molar-refractivity contribution in [2.75, 3.05) is 0 Å². The highest BCUT2D eigenvalue weighted by Gasteiger charge is 2.55. The highest BCUT2D eigenvalue weighted by molar-refractivity contribution is 5.47. The Balaban J connectivity index is 1.56. The molecule has 3 aromatic rings. The van der Waals surface area contributed by atoms with E-state index in [4.69, 9.17) is 4.74 Å². The Hall–Kier alpha value is -2.38. The molecular weight excluding hydrogens is 364 g/mol. The van der Waals surface area contributed by atoms with Gasteiger partial charge in [0.05, 0.1) is 5.60 Å². The fraction of sp³-hybridized carbons (Fsp3) is 0.379. The molecule has 0 aliphatic heterocycles.